The first kappa shape index (κ1) is 26.2. The molecule has 3 unspecified atom stereocenters. The van der Waals surface area contributed by atoms with Gasteiger partial charge in [0.1, 0.15) is 12.1 Å². The van der Waals surface area contributed by atoms with Crippen molar-refractivity contribution in [3.63, 3.8) is 0 Å². The van der Waals surface area contributed by atoms with Crippen molar-refractivity contribution in [2.75, 3.05) is 6.54 Å². The summed E-state index contributed by atoms with van der Waals surface area (Å²) in [6, 6.07) is -4.43. The molecule has 30 heavy (non-hydrogen) atoms. The third kappa shape index (κ3) is 11.2. The summed E-state index contributed by atoms with van der Waals surface area (Å²) in [5.74, 6) is -7.56. The Morgan fingerprint density at radius 1 is 0.800 bits per heavy atom. The fourth-order valence-corrected chi connectivity index (χ4v) is 2.05. The molecule has 0 radical (unpaired) electrons. The molecule has 0 aliphatic heterocycles. The van der Waals surface area contributed by atoms with E-state index in [9.17, 15) is 33.6 Å². The second-order valence-electron chi connectivity index (χ2n) is 6.12. The van der Waals surface area contributed by atoms with Crippen molar-refractivity contribution >= 4 is 41.5 Å². The van der Waals surface area contributed by atoms with Gasteiger partial charge in [0, 0.05) is 6.42 Å². The van der Waals surface area contributed by atoms with E-state index in [1.54, 1.807) is 0 Å². The Balaban J connectivity index is 4.94. The molecule has 0 aromatic carbocycles. The molecule has 0 aliphatic rings. The van der Waals surface area contributed by atoms with Crippen LogP contribution in [-0.4, -0.2) is 76.4 Å². The number of amides is 5. The highest BCUT2D eigenvalue weighted by molar-refractivity contribution is 5.94. The van der Waals surface area contributed by atoms with Gasteiger partial charge in [0.05, 0.1) is 25.4 Å². The number of hydrogen-bond donors (Lipinski definition) is 8. The molecule has 0 saturated carbocycles. The van der Waals surface area contributed by atoms with Gasteiger partial charge in [-0.25, -0.2) is 4.79 Å². The number of carboxylic acid groups (broad SMARTS) is 2. The van der Waals surface area contributed by atoms with Gasteiger partial charge in [0.15, 0.2) is 0 Å². The van der Waals surface area contributed by atoms with Gasteiger partial charge in [-0.15, -0.1) is 0 Å². The van der Waals surface area contributed by atoms with Crippen LogP contribution < -0.4 is 33.2 Å². The van der Waals surface area contributed by atoms with Gasteiger partial charge in [-0.2, -0.15) is 0 Å². The molecule has 15 nitrogen and oxygen atoms in total. The molecule has 15 heteroatoms. The quantitative estimate of drug-likeness (QED) is 0.129. The topological polar surface area (TPSA) is 274 Å². The maximum atomic E-state index is 12.2. The normalized spacial score (nSPS) is 13.2. The Morgan fingerprint density at radius 2 is 1.40 bits per heavy atom. The largest absolute Gasteiger partial charge is 0.481 e. The van der Waals surface area contributed by atoms with Gasteiger partial charge in [0.2, 0.25) is 29.5 Å². The van der Waals surface area contributed by atoms with Crippen LogP contribution in [0.25, 0.3) is 0 Å². The SMILES string of the molecule is NC(=O)CCC(NC(=O)C(N)CC(N)=O)C(=O)NCC(=O)NC(CC(=O)O)C(=O)O. The van der Waals surface area contributed by atoms with E-state index in [2.05, 4.69) is 10.6 Å². The van der Waals surface area contributed by atoms with E-state index in [0.717, 1.165) is 0 Å². The molecule has 0 bridgehead atoms. The van der Waals surface area contributed by atoms with Crippen molar-refractivity contribution in [2.24, 2.45) is 17.2 Å². The molecule has 0 heterocycles. The number of hydrogen-bond acceptors (Lipinski definition) is 8. The lowest BCUT2D eigenvalue weighted by Crippen LogP contribution is -2.54. The minimum absolute atomic E-state index is 0.255. The second-order valence-corrected chi connectivity index (χ2v) is 6.12. The second kappa shape index (κ2) is 12.7. The Morgan fingerprint density at radius 3 is 1.87 bits per heavy atom. The van der Waals surface area contributed by atoms with Crippen molar-refractivity contribution in [3.05, 3.63) is 0 Å². The van der Waals surface area contributed by atoms with Crippen molar-refractivity contribution in [1.82, 2.24) is 16.0 Å². The lowest BCUT2D eigenvalue weighted by Gasteiger charge is -2.20. The zero-order valence-electron chi connectivity index (χ0n) is 15.8. The molecule has 0 aromatic heterocycles. The first-order chi connectivity index (χ1) is 13.8. The van der Waals surface area contributed by atoms with Crippen LogP contribution in [0.5, 0.6) is 0 Å². The summed E-state index contributed by atoms with van der Waals surface area (Å²) in [4.78, 5) is 79.3. The first-order valence-corrected chi connectivity index (χ1v) is 8.47. The summed E-state index contributed by atoms with van der Waals surface area (Å²) < 4.78 is 0. The third-order valence-electron chi connectivity index (χ3n) is 3.51. The maximum absolute atomic E-state index is 12.2. The summed E-state index contributed by atoms with van der Waals surface area (Å²) in [5, 5.41) is 23.7. The van der Waals surface area contributed by atoms with Gasteiger partial charge in [-0.3, -0.25) is 28.8 Å². The van der Waals surface area contributed by atoms with E-state index in [4.69, 9.17) is 27.4 Å². The number of carboxylic acids is 2. The maximum Gasteiger partial charge on any atom is 0.326 e. The first-order valence-electron chi connectivity index (χ1n) is 8.47. The molecule has 0 aliphatic carbocycles. The predicted octanol–water partition coefficient (Wildman–Crippen LogP) is -4.90. The lowest BCUT2D eigenvalue weighted by molar-refractivity contribution is -0.147. The van der Waals surface area contributed by atoms with Crippen LogP contribution >= 0.6 is 0 Å². The number of primary amides is 2. The standard InChI is InChI=1S/C15H24N6O9/c16-6(3-10(18)23)13(27)21-7(1-2-9(17)22)14(28)19-5-11(24)20-8(15(29)30)4-12(25)26/h6-8H,1-5,16H2,(H2,17,22)(H2,18,23)(H,19,28)(H,20,24)(H,21,27)(H,25,26)(H,29,30). The minimum Gasteiger partial charge on any atom is -0.481 e. The molecular weight excluding hydrogens is 408 g/mol. The average Bonchev–Trinajstić information content (AvgIpc) is 2.61. The summed E-state index contributed by atoms with van der Waals surface area (Å²) in [5.41, 5.74) is 15.4. The van der Waals surface area contributed by atoms with Gasteiger partial charge in [-0.1, -0.05) is 0 Å². The highest BCUT2D eigenvalue weighted by Gasteiger charge is 2.26. The molecule has 11 N–H and O–H groups in total. The Bertz CT molecular complexity index is 711. The van der Waals surface area contributed by atoms with Crippen LogP contribution in [0.2, 0.25) is 0 Å². The van der Waals surface area contributed by atoms with Crippen LogP contribution in [-0.2, 0) is 33.6 Å². The molecule has 168 valence electrons. The van der Waals surface area contributed by atoms with E-state index in [1.807, 2.05) is 5.32 Å². The van der Waals surface area contributed by atoms with Gasteiger partial charge >= 0.3 is 11.9 Å². The molecule has 0 aromatic rings. The number of aliphatic carboxylic acids is 2. The van der Waals surface area contributed by atoms with Crippen LogP contribution in [0.1, 0.15) is 25.7 Å². The summed E-state index contributed by atoms with van der Waals surface area (Å²) in [6.07, 6.45) is -1.95. The van der Waals surface area contributed by atoms with Gasteiger partial charge in [-0.05, 0) is 6.42 Å². The van der Waals surface area contributed by atoms with Crippen molar-refractivity contribution in [2.45, 2.75) is 43.8 Å². The summed E-state index contributed by atoms with van der Waals surface area (Å²) >= 11 is 0. The highest BCUT2D eigenvalue weighted by atomic mass is 16.4. The Kier molecular flexibility index (Phi) is 11.1. The van der Waals surface area contributed by atoms with Crippen LogP contribution in [0, 0.1) is 0 Å². The molecule has 0 fully saturated rings. The predicted molar refractivity (Wildman–Crippen MR) is 97.0 cm³/mol. The van der Waals surface area contributed by atoms with Crippen LogP contribution in [0.4, 0.5) is 0 Å². The van der Waals surface area contributed by atoms with E-state index < -0.39 is 79.0 Å². The van der Waals surface area contributed by atoms with E-state index in [-0.39, 0.29) is 12.8 Å². The van der Waals surface area contributed by atoms with E-state index >= 15 is 0 Å². The van der Waals surface area contributed by atoms with E-state index in [1.165, 1.54) is 0 Å². The average molecular weight is 432 g/mol. The smallest absolute Gasteiger partial charge is 0.326 e. The van der Waals surface area contributed by atoms with Gasteiger partial charge in [0.25, 0.3) is 0 Å². The zero-order valence-corrected chi connectivity index (χ0v) is 15.8. The number of nitrogens with one attached hydrogen (secondary N) is 3. The fourth-order valence-electron chi connectivity index (χ4n) is 2.05. The monoisotopic (exact) mass is 432 g/mol. The highest BCUT2D eigenvalue weighted by Crippen LogP contribution is 2.00. The van der Waals surface area contributed by atoms with Crippen molar-refractivity contribution in [1.29, 1.82) is 0 Å². The Hall–Kier alpha value is -3.75. The van der Waals surface area contributed by atoms with Gasteiger partial charge < -0.3 is 43.4 Å². The summed E-state index contributed by atoms with van der Waals surface area (Å²) in [7, 11) is 0. The van der Waals surface area contributed by atoms with Crippen molar-refractivity contribution < 1.29 is 43.8 Å². The van der Waals surface area contributed by atoms with E-state index in [0.29, 0.717) is 0 Å². The minimum atomic E-state index is -1.72. The molecule has 0 rings (SSSR count). The van der Waals surface area contributed by atoms with Crippen LogP contribution in [0.3, 0.4) is 0 Å². The zero-order chi connectivity index (χ0) is 23.4. The number of rotatable bonds is 14. The third-order valence-corrected chi connectivity index (χ3v) is 3.51. The summed E-state index contributed by atoms with van der Waals surface area (Å²) in [6.45, 7) is -0.751. The fraction of sp³-hybridized carbons (Fsp3) is 0.533. The Labute approximate surface area is 169 Å². The number of carbonyl (C=O) groups is 7. The number of nitrogens with two attached hydrogens (primary N) is 3. The lowest BCUT2D eigenvalue weighted by atomic mass is 10.1. The van der Waals surface area contributed by atoms with Crippen LogP contribution in [0.15, 0.2) is 0 Å². The number of carbonyl (C=O) groups excluding carboxylic acids is 5. The molecule has 3 atom stereocenters. The molecule has 0 saturated heterocycles. The molecule has 0 spiro atoms. The van der Waals surface area contributed by atoms with Crippen molar-refractivity contribution in [3.8, 4) is 0 Å². The molecule has 5 amide bonds. The molecular formula is C15H24N6O9.